The number of esters is 2. The fourth-order valence-corrected chi connectivity index (χ4v) is 2.45. The highest BCUT2D eigenvalue weighted by Crippen LogP contribution is 2.27. The second-order valence-corrected chi connectivity index (χ2v) is 6.28. The quantitative estimate of drug-likeness (QED) is 0.437. The van der Waals surface area contributed by atoms with Crippen molar-refractivity contribution in [3.05, 3.63) is 56.6 Å². The lowest BCUT2D eigenvalue weighted by molar-refractivity contribution is -0.156. The second-order valence-electron chi connectivity index (χ2n) is 5.52. The minimum atomic E-state index is -1.11. The Hall–Kier alpha value is -2.04. The zero-order chi connectivity index (χ0) is 18.0. The van der Waals surface area contributed by atoms with Gasteiger partial charge in [-0.05, 0) is 74.2 Å². The first-order chi connectivity index (χ1) is 11.2. The number of halogens is 2. The van der Waals surface area contributed by atoms with Gasteiger partial charge >= 0.3 is 11.9 Å². The summed E-state index contributed by atoms with van der Waals surface area (Å²) in [5.74, 6) is -1.75. The summed E-state index contributed by atoms with van der Waals surface area (Å²) in [5.41, 5.74) is 2.99. The summed E-state index contributed by atoms with van der Waals surface area (Å²) >= 11 is 12.1. The molecule has 126 valence electrons. The highest BCUT2D eigenvalue weighted by Gasteiger charge is 2.20. The van der Waals surface area contributed by atoms with Crippen LogP contribution < -0.4 is 9.47 Å². The van der Waals surface area contributed by atoms with Crippen LogP contribution in [0.4, 0.5) is 0 Å². The molecule has 0 radical (unpaired) electrons. The normalized spacial score (nSPS) is 10.4. The van der Waals surface area contributed by atoms with Crippen molar-refractivity contribution in [3.8, 4) is 11.5 Å². The van der Waals surface area contributed by atoms with Gasteiger partial charge in [-0.2, -0.15) is 0 Å². The van der Waals surface area contributed by atoms with Crippen LogP contribution in [0.1, 0.15) is 22.3 Å². The van der Waals surface area contributed by atoms with E-state index in [1.165, 1.54) is 0 Å². The van der Waals surface area contributed by atoms with Crippen molar-refractivity contribution in [2.75, 3.05) is 0 Å². The minimum absolute atomic E-state index is 0.236. The molecule has 6 heteroatoms. The topological polar surface area (TPSA) is 52.6 Å². The Morgan fingerprint density at radius 3 is 1.17 bits per heavy atom. The standard InChI is InChI=1S/C18H16Cl2O4/c1-9-5-13(6-10(2)15(9)19)23-17(21)18(22)24-14-7-11(3)16(20)12(4)8-14/h5-8H,1-4H3. The molecule has 0 aliphatic carbocycles. The van der Waals surface area contributed by atoms with Crippen molar-refractivity contribution >= 4 is 35.1 Å². The maximum atomic E-state index is 11.9. The van der Waals surface area contributed by atoms with Crippen LogP contribution in [0, 0.1) is 27.7 Å². The summed E-state index contributed by atoms with van der Waals surface area (Å²) in [6.07, 6.45) is 0. The predicted octanol–water partition coefficient (Wildman–Crippen LogP) is 4.74. The van der Waals surface area contributed by atoms with Gasteiger partial charge in [-0.1, -0.05) is 23.2 Å². The van der Waals surface area contributed by atoms with E-state index in [-0.39, 0.29) is 11.5 Å². The van der Waals surface area contributed by atoms with E-state index in [0.29, 0.717) is 10.0 Å². The van der Waals surface area contributed by atoms with E-state index in [0.717, 1.165) is 22.3 Å². The third-order valence-electron chi connectivity index (χ3n) is 3.41. The van der Waals surface area contributed by atoms with Crippen LogP contribution in [0.3, 0.4) is 0 Å². The third kappa shape index (κ3) is 4.08. The van der Waals surface area contributed by atoms with E-state index in [1.54, 1.807) is 52.0 Å². The van der Waals surface area contributed by atoms with Crippen LogP contribution in [0.15, 0.2) is 24.3 Å². The van der Waals surface area contributed by atoms with Gasteiger partial charge in [0.1, 0.15) is 11.5 Å². The number of carbonyl (C=O) groups excluding carboxylic acids is 2. The Kier molecular flexibility index (Phi) is 5.52. The lowest BCUT2D eigenvalue weighted by Gasteiger charge is -2.10. The lowest BCUT2D eigenvalue weighted by Crippen LogP contribution is -2.25. The second kappa shape index (κ2) is 7.24. The molecule has 0 fully saturated rings. The third-order valence-corrected chi connectivity index (χ3v) is 4.60. The number of hydrogen-bond donors (Lipinski definition) is 0. The average molecular weight is 367 g/mol. The smallest absolute Gasteiger partial charge is 0.418 e. The monoisotopic (exact) mass is 366 g/mol. The van der Waals surface area contributed by atoms with Crippen molar-refractivity contribution < 1.29 is 19.1 Å². The van der Waals surface area contributed by atoms with Crippen LogP contribution in [-0.4, -0.2) is 11.9 Å². The van der Waals surface area contributed by atoms with E-state index < -0.39 is 11.9 Å². The maximum Gasteiger partial charge on any atom is 0.423 e. The first-order valence-electron chi connectivity index (χ1n) is 7.16. The average Bonchev–Trinajstić information content (AvgIpc) is 2.50. The molecule has 2 rings (SSSR count). The zero-order valence-corrected chi connectivity index (χ0v) is 15.2. The van der Waals surface area contributed by atoms with Crippen LogP contribution in [0.5, 0.6) is 11.5 Å². The van der Waals surface area contributed by atoms with Gasteiger partial charge in [0.25, 0.3) is 0 Å². The van der Waals surface area contributed by atoms with E-state index in [2.05, 4.69) is 0 Å². The van der Waals surface area contributed by atoms with Crippen LogP contribution in [0.25, 0.3) is 0 Å². The van der Waals surface area contributed by atoms with Gasteiger partial charge in [-0.3, -0.25) is 0 Å². The summed E-state index contributed by atoms with van der Waals surface area (Å²) in [6, 6.07) is 6.32. The number of aryl methyl sites for hydroxylation is 4. The Morgan fingerprint density at radius 1 is 0.667 bits per heavy atom. The Morgan fingerprint density at radius 2 is 0.917 bits per heavy atom. The molecule has 0 aliphatic rings. The largest absolute Gasteiger partial charge is 0.423 e. The maximum absolute atomic E-state index is 11.9. The van der Waals surface area contributed by atoms with Crippen LogP contribution in [0.2, 0.25) is 10.0 Å². The van der Waals surface area contributed by atoms with E-state index in [9.17, 15) is 9.59 Å². The molecule has 0 saturated carbocycles. The molecule has 0 spiro atoms. The van der Waals surface area contributed by atoms with Gasteiger partial charge in [0, 0.05) is 10.0 Å². The molecule has 2 aromatic rings. The van der Waals surface area contributed by atoms with Crippen LogP contribution >= 0.6 is 23.2 Å². The molecule has 0 heterocycles. The first kappa shape index (κ1) is 18.3. The molecule has 0 atom stereocenters. The molecule has 4 nitrogen and oxygen atoms in total. The Bertz CT molecular complexity index is 712. The van der Waals surface area contributed by atoms with Crippen molar-refractivity contribution in [2.45, 2.75) is 27.7 Å². The molecule has 24 heavy (non-hydrogen) atoms. The number of carbonyl (C=O) groups is 2. The van der Waals surface area contributed by atoms with Crippen molar-refractivity contribution in [1.29, 1.82) is 0 Å². The molecule has 0 saturated heterocycles. The molecule has 0 N–H and O–H groups in total. The van der Waals surface area contributed by atoms with Gasteiger partial charge in [-0.25, -0.2) is 9.59 Å². The van der Waals surface area contributed by atoms with Crippen molar-refractivity contribution in [3.63, 3.8) is 0 Å². The fourth-order valence-electron chi connectivity index (χ4n) is 2.23. The summed E-state index contributed by atoms with van der Waals surface area (Å²) in [6.45, 7) is 7.13. The summed E-state index contributed by atoms with van der Waals surface area (Å²) in [5, 5.41) is 1.17. The van der Waals surface area contributed by atoms with Gasteiger partial charge in [0.05, 0.1) is 0 Å². The molecule has 0 bridgehead atoms. The molecular formula is C18H16Cl2O4. The van der Waals surface area contributed by atoms with Gasteiger partial charge in [-0.15, -0.1) is 0 Å². The SMILES string of the molecule is Cc1cc(OC(=O)C(=O)Oc2cc(C)c(Cl)c(C)c2)cc(C)c1Cl. The number of ether oxygens (including phenoxy) is 2. The number of hydrogen-bond acceptors (Lipinski definition) is 4. The lowest BCUT2D eigenvalue weighted by atomic mass is 10.1. The van der Waals surface area contributed by atoms with E-state index in [1.807, 2.05) is 0 Å². The molecular weight excluding hydrogens is 351 g/mol. The molecule has 2 aromatic carbocycles. The van der Waals surface area contributed by atoms with E-state index in [4.69, 9.17) is 32.7 Å². The van der Waals surface area contributed by atoms with Gasteiger partial charge < -0.3 is 9.47 Å². The number of rotatable bonds is 2. The summed E-state index contributed by atoms with van der Waals surface area (Å²) < 4.78 is 10.1. The Labute approximate surface area is 150 Å². The van der Waals surface area contributed by atoms with E-state index >= 15 is 0 Å². The molecule has 0 aliphatic heterocycles. The highest BCUT2D eigenvalue weighted by molar-refractivity contribution is 6.33. The predicted molar refractivity (Wildman–Crippen MR) is 93.1 cm³/mol. The molecule has 0 amide bonds. The Balaban J connectivity index is 2.12. The minimum Gasteiger partial charge on any atom is -0.418 e. The van der Waals surface area contributed by atoms with Crippen molar-refractivity contribution in [2.24, 2.45) is 0 Å². The van der Waals surface area contributed by atoms with Gasteiger partial charge in [0.2, 0.25) is 0 Å². The molecule has 0 unspecified atom stereocenters. The number of benzene rings is 2. The zero-order valence-electron chi connectivity index (χ0n) is 13.7. The molecule has 0 aromatic heterocycles. The summed E-state index contributed by atoms with van der Waals surface area (Å²) in [4.78, 5) is 23.8. The van der Waals surface area contributed by atoms with Crippen molar-refractivity contribution in [1.82, 2.24) is 0 Å². The highest BCUT2D eigenvalue weighted by atomic mass is 35.5. The van der Waals surface area contributed by atoms with Crippen LogP contribution in [-0.2, 0) is 9.59 Å². The fraction of sp³-hybridized carbons (Fsp3) is 0.222. The first-order valence-corrected chi connectivity index (χ1v) is 7.92. The summed E-state index contributed by atoms with van der Waals surface area (Å²) in [7, 11) is 0. The van der Waals surface area contributed by atoms with Gasteiger partial charge in [0.15, 0.2) is 0 Å².